The van der Waals surface area contributed by atoms with Crippen molar-refractivity contribution in [2.24, 2.45) is 10.7 Å². The Morgan fingerprint density at radius 2 is 1.87 bits per heavy atom. The van der Waals surface area contributed by atoms with Crippen LogP contribution in [0, 0.1) is 0 Å². The molecule has 15 heavy (non-hydrogen) atoms. The summed E-state index contributed by atoms with van der Waals surface area (Å²) in [5.74, 6) is 0.404. The number of hydrogen-bond donors (Lipinski definition) is 2. The van der Waals surface area contributed by atoms with E-state index in [1.165, 1.54) is 0 Å². The van der Waals surface area contributed by atoms with Gasteiger partial charge in [-0.1, -0.05) is 15.9 Å². The topological polar surface area (TPSA) is 50.4 Å². The van der Waals surface area contributed by atoms with Crippen LogP contribution in [0.3, 0.4) is 0 Å². The fourth-order valence-electron chi connectivity index (χ4n) is 1.000. The van der Waals surface area contributed by atoms with Crippen LogP contribution in [0.15, 0.2) is 30.5 Å². The summed E-state index contributed by atoms with van der Waals surface area (Å²) < 4.78 is 2.81. The summed E-state index contributed by atoms with van der Waals surface area (Å²) in [6, 6.07) is 3.87. The third kappa shape index (κ3) is 3.77. The molecule has 0 radical (unpaired) electrons. The van der Waals surface area contributed by atoms with E-state index in [1.807, 2.05) is 19.1 Å². The van der Waals surface area contributed by atoms with Gasteiger partial charge in [-0.25, -0.2) is 0 Å². The SMILES string of the molecule is CCN=C(N)Nc1c(Br)cc(Br)cc1Br. The minimum absolute atomic E-state index is 0.404. The zero-order valence-electron chi connectivity index (χ0n) is 8.02. The molecule has 0 aliphatic carbocycles. The lowest BCUT2D eigenvalue weighted by Crippen LogP contribution is -2.23. The quantitative estimate of drug-likeness (QED) is 0.588. The summed E-state index contributed by atoms with van der Waals surface area (Å²) in [5, 5.41) is 3.02. The van der Waals surface area contributed by atoms with Crippen molar-refractivity contribution in [2.75, 3.05) is 11.9 Å². The maximum Gasteiger partial charge on any atom is 0.193 e. The van der Waals surface area contributed by atoms with Crippen LogP contribution in [-0.2, 0) is 0 Å². The van der Waals surface area contributed by atoms with Crippen molar-refractivity contribution in [1.29, 1.82) is 0 Å². The van der Waals surface area contributed by atoms with E-state index in [9.17, 15) is 0 Å². The maximum atomic E-state index is 5.68. The van der Waals surface area contributed by atoms with Crippen LogP contribution in [-0.4, -0.2) is 12.5 Å². The summed E-state index contributed by atoms with van der Waals surface area (Å²) in [7, 11) is 0. The van der Waals surface area contributed by atoms with Gasteiger partial charge in [0.15, 0.2) is 5.96 Å². The van der Waals surface area contributed by atoms with Crippen LogP contribution in [0.5, 0.6) is 0 Å². The first-order valence-corrected chi connectivity index (χ1v) is 6.64. The Morgan fingerprint density at radius 3 is 2.33 bits per heavy atom. The average molecular weight is 400 g/mol. The minimum atomic E-state index is 0.404. The van der Waals surface area contributed by atoms with Crippen molar-refractivity contribution in [3.05, 3.63) is 25.6 Å². The lowest BCUT2D eigenvalue weighted by molar-refractivity contribution is 1.12. The summed E-state index contributed by atoms with van der Waals surface area (Å²) in [6.07, 6.45) is 0. The minimum Gasteiger partial charge on any atom is -0.370 e. The number of hydrogen-bond acceptors (Lipinski definition) is 1. The van der Waals surface area contributed by atoms with Gasteiger partial charge in [-0.15, -0.1) is 0 Å². The van der Waals surface area contributed by atoms with Crippen LogP contribution in [0.25, 0.3) is 0 Å². The zero-order valence-corrected chi connectivity index (χ0v) is 12.8. The molecule has 1 rings (SSSR count). The zero-order chi connectivity index (χ0) is 11.4. The number of nitrogens with one attached hydrogen (secondary N) is 1. The molecule has 0 spiro atoms. The Hall–Kier alpha value is -0.0700. The molecule has 1 aromatic carbocycles. The highest BCUT2D eigenvalue weighted by Gasteiger charge is 2.07. The maximum absolute atomic E-state index is 5.68. The molecule has 0 aromatic heterocycles. The van der Waals surface area contributed by atoms with Crippen molar-refractivity contribution in [3.8, 4) is 0 Å². The second kappa shape index (κ2) is 5.86. The number of guanidine groups is 1. The van der Waals surface area contributed by atoms with Crippen LogP contribution < -0.4 is 11.1 Å². The Morgan fingerprint density at radius 1 is 1.33 bits per heavy atom. The van der Waals surface area contributed by atoms with Gasteiger partial charge in [0.1, 0.15) is 0 Å². The predicted molar refractivity (Wildman–Crippen MR) is 75.3 cm³/mol. The number of anilines is 1. The fourth-order valence-corrected chi connectivity index (χ4v) is 3.46. The molecular weight excluding hydrogens is 390 g/mol. The average Bonchev–Trinajstić information content (AvgIpc) is 2.11. The number of halogens is 3. The molecule has 0 aliphatic rings. The molecule has 0 fully saturated rings. The van der Waals surface area contributed by atoms with Gasteiger partial charge in [0, 0.05) is 20.0 Å². The normalized spacial score (nSPS) is 11.6. The summed E-state index contributed by atoms with van der Waals surface area (Å²) in [5.41, 5.74) is 6.55. The lowest BCUT2D eigenvalue weighted by atomic mass is 10.3. The van der Waals surface area contributed by atoms with Gasteiger partial charge in [-0.2, -0.15) is 0 Å². The molecule has 1 aromatic rings. The largest absolute Gasteiger partial charge is 0.370 e. The highest BCUT2D eigenvalue weighted by molar-refractivity contribution is 9.11. The van der Waals surface area contributed by atoms with Crippen LogP contribution >= 0.6 is 47.8 Å². The molecule has 0 saturated heterocycles. The number of nitrogens with two attached hydrogens (primary N) is 1. The second-order valence-electron chi connectivity index (χ2n) is 2.73. The van der Waals surface area contributed by atoms with Gasteiger partial charge in [0.25, 0.3) is 0 Å². The third-order valence-electron chi connectivity index (χ3n) is 1.59. The van der Waals surface area contributed by atoms with Crippen molar-refractivity contribution in [1.82, 2.24) is 0 Å². The van der Waals surface area contributed by atoms with Gasteiger partial charge >= 0.3 is 0 Å². The Labute approximate surface area is 114 Å². The molecule has 0 aliphatic heterocycles. The number of benzene rings is 1. The highest BCUT2D eigenvalue weighted by atomic mass is 79.9. The van der Waals surface area contributed by atoms with E-state index in [0.29, 0.717) is 12.5 Å². The van der Waals surface area contributed by atoms with E-state index in [-0.39, 0.29) is 0 Å². The van der Waals surface area contributed by atoms with E-state index in [0.717, 1.165) is 19.1 Å². The molecule has 0 amide bonds. The smallest absolute Gasteiger partial charge is 0.193 e. The van der Waals surface area contributed by atoms with Gasteiger partial charge in [0.05, 0.1) is 5.69 Å². The number of nitrogens with zero attached hydrogens (tertiary/aromatic N) is 1. The lowest BCUT2D eigenvalue weighted by Gasteiger charge is -2.10. The van der Waals surface area contributed by atoms with E-state index >= 15 is 0 Å². The molecule has 82 valence electrons. The molecular formula is C9H10Br3N3. The standard InChI is InChI=1S/C9H10Br3N3/c1-2-14-9(13)15-8-6(11)3-5(10)4-7(8)12/h3-4H,2H2,1H3,(H3,13,14,15). The third-order valence-corrected chi connectivity index (χ3v) is 3.30. The van der Waals surface area contributed by atoms with Crippen LogP contribution in [0.2, 0.25) is 0 Å². The van der Waals surface area contributed by atoms with Crippen molar-refractivity contribution in [2.45, 2.75) is 6.92 Å². The summed E-state index contributed by atoms with van der Waals surface area (Å²) >= 11 is 10.3. The van der Waals surface area contributed by atoms with Gasteiger partial charge in [-0.3, -0.25) is 4.99 Å². The molecule has 0 atom stereocenters. The molecule has 0 unspecified atom stereocenters. The van der Waals surface area contributed by atoms with E-state index < -0.39 is 0 Å². The van der Waals surface area contributed by atoms with E-state index in [2.05, 4.69) is 58.1 Å². The first-order chi connectivity index (χ1) is 7.04. The van der Waals surface area contributed by atoms with E-state index in [1.54, 1.807) is 0 Å². The highest BCUT2D eigenvalue weighted by Crippen LogP contribution is 2.34. The first kappa shape index (κ1) is 13.0. The van der Waals surface area contributed by atoms with Crippen molar-refractivity contribution in [3.63, 3.8) is 0 Å². The van der Waals surface area contributed by atoms with Crippen LogP contribution in [0.4, 0.5) is 5.69 Å². The molecule has 0 saturated carbocycles. The predicted octanol–water partition coefficient (Wildman–Crippen LogP) is 3.72. The monoisotopic (exact) mass is 397 g/mol. The Kier molecular flexibility index (Phi) is 5.08. The Balaban J connectivity index is 3.00. The fraction of sp³-hybridized carbons (Fsp3) is 0.222. The van der Waals surface area contributed by atoms with Crippen molar-refractivity contribution < 1.29 is 0 Å². The molecule has 0 bridgehead atoms. The van der Waals surface area contributed by atoms with Gasteiger partial charge in [-0.05, 0) is 50.9 Å². The summed E-state index contributed by atoms with van der Waals surface area (Å²) in [4.78, 5) is 4.05. The molecule has 6 heteroatoms. The molecule has 3 N–H and O–H groups in total. The first-order valence-electron chi connectivity index (χ1n) is 4.26. The van der Waals surface area contributed by atoms with Crippen LogP contribution in [0.1, 0.15) is 6.92 Å². The number of rotatable bonds is 2. The second-order valence-corrected chi connectivity index (χ2v) is 5.35. The summed E-state index contributed by atoms with van der Waals surface area (Å²) in [6.45, 7) is 2.59. The van der Waals surface area contributed by atoms with Crippen molar-refractivity contribution >= 4 is 59.4 Å². The van der Waals surface area contributed by atoms with Gasteiger partial charge < -0.3 is 11.1 Å². The Bertz CT molecular complexity index is 367. The molecule has 0 heterocycles. The van der Waals surface area contributed by atoms with E-state index in [4.69, 9.17) is 5.73 Å². The molecule has 3 nitrogen and oxygen atoms in total. The number of aliphatic imine (C=N–C) groups is 1. The van der Waals surface area contributed by atoms with Gasteiger partial charge in [0.2, 0.25) is 0 Å².